The van der Waals surface area contributed by atoms with Crippen LogP contribution in [0.25, 0.3) is 11.0 Å². The molecule has 3 aromatic rings. The second-order valence-corrected chi connectivity index (χ2v) is 6.31. The zero-order valence-corrected chi connectivity index (χ0v) is 13.5. The van der Waals surface area contributed by atoms with Crippen molar-refractivity contribution in [2.24, 2.45) is 0 Å². The van der Waals surface area contributed by atoms with Gasteiger partial charge in [-0.25, -0.2) is 4.98 Å². The predicted molar refractivity (Wildman–Crippen MR) is 87.3 cm³/mol. The highest BCUT2D eigenvalue weighted by atomic mass is 79.9. The number of rotatable bonds is 2. The number of aromatic amines is 1. The molecule has 0 saturated heterocycles. The summed E-state index contributed by atoms with van der Waals surface area (Å²) >= 11 is 3.53. The molecule has 0 radical (unpaired) electrons. The lowest BCUT2D eigenvalue weighted by atomic mass is 10.0. The molecular weight excluding hydrogens is 312 g/mol. The number of hydrogen-bond acceptors (Lipinski definition) is 1. The van der Waals surface area contributed by atoms with E-state index in [-0.39, 0.29) is 0 Å². The summed E-state index contributed by atoms with van der Waals surface area (Å²) in [5.41, 5.74) is 7.30. The van der Waals surface area contributed by atoms with Gasteiger partial charge in [-0.05, 0) is 55.2 Å². The van der Waals surface area contributed by atoms with E-state index in [0.717, 1.165) is 27.8 Å². The van der Waals surface area contributed by atoms with E-state index < -0.39 is 0 Å². The van der Waals surface area contributed by atoms with E-state index in [1.807, 2.05) is 0 Å². The van der Waals surface area contributed by atoms with Crippen LogP contribution in [0.1, 0.15) is 28.1 Å². The zero-order valence-electron chi connectivity index (χ0n) is 11.9. The van der Waals surface area contributed by atoms with Crippen LogP contribution in [0, 0.1) is 20.8 Å². The molecule has 0 fully saturated rings. The van der Waals surface area contributed by atoms with Crippen molar-refractivity contribution in [2.75, 3.05) is 0 Å². The summed E-state index contributed by atoms with van der Waals surface area (Å²) in [5.74, 6) is 1.02. The Kier molecular flexibility index (Phi) is 3.38. The van der Waals surface area contributed by atoms with Crippen LogP contribution in [-0.2, 0) is 6.42 Å². The normalized spacial score (nSPS) is 11.2. The smallest absolute Gasteiger partial charge is 0.111 e. The minimum Gasteiger partial charge on any atom is -0.342 e. The summed E-state index contributed by atoms with van der Waals surface area (Å²) < 4.78 is 1.09. The molecule has 0 amide bonds. The van der Waals surface area contributed by atoms with Crippen LogP contribution in [0.4, 0.5) is 0 Å². The highest BCUT2D eigenvalue weighted by Crippen LogP contribution is 2.23. The number of benzene rings is 2. The SMILES string of the molecule is Cc1ccc(Cc2nc3c(C)cc(Br)cc3[nH]2)cc1C. The van der Waals surface area contributed by atoms with Crippen LogP contribution in [-0.4, -0.2) is 9.97 Å². The van der Waals surface area contributed by atoms with Gasteiger partial charge in [-0.3, -0.25) is 0 Å². The van der Waals surface area contributed by atoms with Gasteiger partial charge in [-0.2, -0.15) is 0 Å². The van der Waals surface area contributed by atoms with Gasteiger partial charge in [0.15, 0.2) is 0 Å². The van der Waals surface area contributed by atoms with Gasteiger partial charge in [-0.15, -0.1) is 0 Å². The first-order valence-corrected chi connectivity index (χ1v) is 7.53. The molecule has 102 valence electrons. The molecule has 0 bridgehead atoms. The number of halogens is 1. The van der Waals surface area contributed by atoms with Crippen molar-refractivity contribution in [3.8, 4) is 0 Å². The molecule has 1 N–H and O–H groups in total. The number of H-pyrrole nitrogens is 1. The van der Waals surface area contributed by atoms with Crippen LogP contribution < -0.4 is 0 Å². The molecule has 1 heterocycles. The molecule has 0 atom stereocenters. The summed E-state index contributed by atoms with van der Waals surface area (Å²) in [7, 11) is 0. The molecule has 2 nitrogen and oxygen atoms in total. The van der Waals surface area contributed by atoms with Crippen molar-refractivity contribution < 1.29 is 0 Å². The molecule has 0 saturated carbocycles. The number of nitrogens with zero attached hydrogens (tertiary/aromatic N) is 1. The van der Waals surface area contributed by atoms with E-state index in [0.29, 0.717) is 0 Å². The summed E-state index contributed by atoms with van der Waals surface area (Å²) in [6.07, 6.45) is 0.840. The maximum atomic E-state index is 4.72. The fourth-order valence-electron chi connectivity index (χ4n) is 2.49. The largest absolute Gasteiger partial charge is 0.342 e. The zero-order chi connectivity index (χ0) is 14.3. The number of imidazole rings is 1. The number of fused-ring (bicyclic) bond motifs is 1. The number of aryl methyl sites for hydroxylation is 3. The lowest BCUT2D eigenvalue weighted by molar-refractivity contribution is 1.03. The van der Waals surface area contributed by atoms with Crippen LogP contribution in [0.15, 0.2) is 34.8 Å². The molecule has 1 aromatic heterocycles. The van der Waals surface area contributed by atoms with Gasteiger partial charge in [0.2, 0.25) is 0 Å². The molecule has 0 unspecified atom stereocenters. The van der Waals surface area contributed by atoms with Gasteiger partial charge in [0, 0.05) is 10.9 Å². The molecule has 0 spiro atoms. The summed E-state index contributed by atoms with van der Waals surface area (Å²) in [4.78, 5) is 8.14. The fourth-order valence-corrected chi connectivity index (χ4v) is 3.06. The topological polar surface area (TPSA) is 28.7 Å². The number of aromatic nitrogens is 2. The summed E-state index contributed by atoms with van der Waals surface area (Å²) in [5, 5.41) is 0. The standard InChI is InChI=1S/C17H17BrN2/c1-10-4-5-13(6-11(10)2)8-16-19-15-9-14(18)7-12(3)17(15)20-16/h4-7,9H,8H2,1-3H3,(H,19,20). The average molecular weight is 329 g/mol. The second-order valence-electron chi connectivity index (χ2n) is 5.40. The van der Waals surface area contributed by atoms with Crippen LogP contribution in [0.3, 0.4) is 0 Å². The maximum absolute atomic E-state index is 4.72. The first-order chi connectivity index (χ1) is 9.52. The molecule has 3 heteroatoms. The number of hydrogen-bond donors (Lipinski definition) is 1. The Balaban J connectivity index is 1.98. The summed E-state index contributed by atoms with van der Waals surface area (Å²) in [6.45, 7) is 6.38. The van der Waals surface area contributed by atoms with Gasteiger partial charge in [-0.1, -0.05) is 34.1 Å². The number of nitrogens with one attached hydrogen (secondary N) is 1. The van der Waals surface area contributed by atoms with Crippen molar-refractivity contribution >= 4 is 27.0 Å². The highest BCUT2D eigenvalue weighted by molar-refractivity contribution is 9.10. The fraction of sp³-hybridized carbons (Fsp3) is 0.235. The third-order valence-corrected chi connectivity index (χ3v) is 4.19. The van der Waals surface area contributed by atoms with E-state index in [4.69, 9.17) is 4.98 Å². The van der Waals surface area contributed by atoms with Gasteiger partial charge in [0.1, 0.15) is 5.82 Å². The van der Waals surface area contributed by atoms with Crippen molar-refractivity contribution in [1.82, 2.24) is 9.97 Å². The Bertz CT molecular complexity index is 787. The third kappa shape index (κ3) is 2.50. The maximum Gasteiger partial charge on any atom is 0.111 e. The Hall–Kier alpha value is -1.61. The van der Waals surface area contributed by atoms with Gasteiger partial charge in [0.25, 0.3) is 0 Å². The minimum absolute atomic E-state index is 0.840. The Morgan fingerprint density at radius 2 is 1.80 bits per heavy atom. The van der Waals surface area contributed by atoms with E-state index in [1.54, 1.807) is 0 Å². The highest BCUT2D eigenvalue weighted by Gasteiger charge is 2.07. The molecule has 3 rings (SSSR count). The lowest BCUT2D eigenvalue weighted by Crippen LogP contribution is -1.92. The molecule has 0 aliphatic carbocycles. The van der Waals surface area contributed by atoms with Gasteiger partial charge < -0.3 is 4.98 Å². The van der Waals surface area contributed by atoms with E-state index in [1.165, 1.54) is 22.3 Å². The molecular formula is C17H17BrN2. The van der Waals surface area contributed by atoms with Crippen LogP contribution in [0.5, 0.6) is 0 Å². The predicted octanol–water partition coefficient (Wildman–Crippen LogP) is 4.84. The van der Waals surface area contributed by atoms with Crippen molar-refractivity contribution in [3.63, 3.8) is 0 Å². The molecule has 20 heavy (non-hydrogen) atoms. The monoisotopic (exact) mass is 328 g/mol. The van der Waals surface area contributed by atoms with Crippen LogP contribution >= 0.6 is 15.9 Å². The average Bonchev–Trinajstić information content (AvgIpc) is 2.76. The lowest BCUT2D eigenvalue weighted by Gasteiger charge is -2.03. The van der Waals surface area contributed by atoms with E-state index in [2.05, 4.69) is 72.0 Å². The van der Waals surface area contributed by atoms with Gasteiger partial charge in [0.05, 0.1) is 11.0 Å². The Morgan fingerprint density at radius 1 is 1.00 bits per heavy atom. The Morgan fingerprint density at radius 3 is 2.55 bits per heavy atom. The van der Waals surface area contributed by atoms with E-state index >= 15 is 0 Å². The quantitative estimate of drug-likeness (QED) is 0.716. The van der Waals surface area contributed by atoms with Crippen molar-refractivity contribution in [1.29, 1.82) is 0 Å². The van der Waals surface area contributed by atoms with Crippen LogP contribution in [0.2, 0.25) is 0 Å². The molecule has 2 aromatic carbocycles. The molecule has 0 aliphatic rings. The van der Waals surface area contributed by atoms with Gasteiger partial charge >= 0.3 is 0 Å². The van der Waals surface area contributed by atoms with E-state index in [9.17, 15) is 0 Å². The second kappa shape index (κ2) is 5.06. The first-order valence-electron chi connectivity index (χ1n) is 6.74. The van der Waals surface area contributed by atoms with Crippen molar-refractivity contribution in [2.45, 2.75) is 27.2 Å². The minimum atomic E-state index is 0.840. The first kappa shape index (κ1) is 13.4. The summed E-state index contributed by atoms with van der Waals surface area (Å²) in [6, 6.07) is 10.8. The third-order valence-electron chi connectivity index (χ3n) is 3.73. The van der Waals surface area contributed by atoms with Crippen molar-refractivity contribution in [3.05, 3.63) is 62.9 Å². The Labute approximate surface area is 127 Å². The molecule has 0 aliphatic heterocycles.